The van der Waals surface area contributed by atoms with E-state index in [2.05, 4.69) is 5.32 Å². The second kappa shape index (κ2) is 5.98. The van der Waals surface area contributed by atoms with E-state index in [1.807, 2.05) is 16.8 Å². The van der Waals surface area contributed by atoms with Gasteiger partial charge in [-0.25, -0.2) is 0 Å². The molecule has 0 fully saturated rings. The second-order valence-electron chi connectivity index (χ2n) is 4.71. The molecule has 0 radical (unpaired) electrons. The summed E-state index contributed by atoms with van der Waals surface area (Å²) in [5.74, 6) is -0.280. The standard InChI is InChI=1S/C15H15NO3S/c1-15(19,13-6-7-20-9-13)10-16-14(18)12-4-2-11(8-17)3-5-12/h2-9,19H,10H2,1H3,(H,16,18). The van der Waals surface area contributed by atoms with Crippen molar-refractivity contribution < 1.29 is 14.7 Å². The first-order valence-electron chi connectivity index (χ1n) is 6.11. The zero-order chi connectivity index (χ0) is 14.6. The first-order chi connectivity index (χ1) is 9.53. The molecule has 1 amide bonds. The number of hydrogen-bond acceptors (Lipinski definition) is 4. The molecule has 0 bridgehead atoms. The molecule has 0 aliphatic carbocycles. The molecule has 5 heteroatoms. The van der Waals surface area contributed by atoms with Gasteiger partial charge in [0.1, 0.15) is 11.9 Å². The maximum atomic E-state index is 12.0. The van der Waals surface area contributed by atoms with Gasteiger partial charge < -0.3 is 10.4 Å². The molecule has 20 heavy (non-hydrogen) atoms. The van der Waals surface area contributed by atoms with Crippen molar-refractivity contribution in [3.63, 3.8) is 0 Å². The van der Waals surface area contributed by atoms with Crippen molar-refractivity contribution in [3.8, 4) is 0 Å². The van der Waals surface area contributed by atoms with Crippen LogP contribution in [0.5, 0.6) is 0 Å². The van der Waals surface area contributed by atoms with Crippen LogP contribution in [-0.2, 0) is 5.60 Å². The van der Waals surface area contributed by atoms with Crippen LogP contribution in [0.4, 0.5) is 0 Å². The van der Waals surface area contributed by atoms with E-state index in [0.29, 0.717) is 11.1 Å². The van der Waals surface area contributed by atoms with Crippen LogP contribution in [0.1, 0.15) is 33.2 Å². The number of amides is 1. The Morgan fingerprint density at radius 3 is 2.60 bits per heavy atom. The number of hydrogen-bond donors (Lipinski definition) is 2. The zero-order valence-electron chi connectivity index (χ0n) is 11.0. The number of carbonyl (C=O) groups is 2. The van der Waals surface area contributed by atoms with Crippen molar-refractivity contribution in [2.45, 2.75) is 12.5 Å². The Hall–Kier alpha value is -1.98. The molecule has 2 N–H and O–H groups in total. The van der Waals surface area contributed by atoms with Gasteiger partial charge in [-0.2, -0.15) is 11.3 Å². The predicted octanol–water partition coefficient (Wildman–Crippen LogP) is 2.20. The minimum atomic E-state index is -1.10. The van der Waals surface area contributed by atoms with Gasteiger partial charge in [-0.3, -0.25) is 9.59 Å². The molecular formula is C15H15NO3S. The molecule has 2 rings (SSSR count). The highest BCUT2D eigenvalue weighted by Gasteiger charge is 2.24. The number of carbonyl (C=O) groups excluding carboxylic acids is 2. The highest BCUT2D eigenvalue weighted by Crippen LogP contribution is 2.22. The number of rotatable bonds is 5. The summed E-state index contributed by atoms with van der Waals surface area (Å²) in [5.41, 5.74) is 0.654. The largest absolute Gasteiger partial charge is 0.384 e. The Morgan fingerprint density at radius 1 is 1.35 bits per heavy atom. The van der Waals surface area contributed by atoms with Crippen molar-refractivity contribution in [1.82, 2.24) is 5.32 Å². The smallest absolute Gasteiger partial charge is 0.251 e. The molecule has 4 nitrogen and oxygen atoms in total. The van der Waals surface area contributed by atoms with E-state index >= 15 is 0 Å². The van der Waals surface area contributed by atoms with Crippen molar-refractivity contribution in [2.24, 2.45) is 0 Å². The molecule has 0 aliphatic heterocycles. The van der Waals surface area contributed by atoms with Gasteiger partial charge in [0, 0.05) is 11.1 Å². The van der Waals surface area contributed by atoms with E-state index in [1.165, 1.54) is 11.3 Å². The van der Waals surface area contributed by atoms with E-state index in [-0.39, 0.29) is 12.5 Å². The van der Waals surface area contributed by atoms with Crippen molar-refractivity contribution in [2.75, 3.05) is 6.54 Å². The summed E-state index contributed by atoms with van der Waals surface area (Å²) in [6.45, 7) is 1.78. The van der Waals surface area contributed by atoms with Crippen LogP contribution in [0, 0.1) is 0 Å². The highest BCUT2D eigenvalue weighted by atomic mass is 32.1. The average Bonchev–Trinajstić information content (AvgIpc) is 3.00. The summed E-state index contributed by atoms with van der Waals surface area (Å²) in [4.78, 5) is 22.5. The number of nitrogens with one attached hydrogen (secondary N) is 1. The predicted molar refractivity (Wildman–Crippen MR) is 78.1 cm³/mol. The SMILES string of the molecule is CC(O)(CNC(=O)c1ccc(C=O)cc1)c1ccsc1. The topological polar surface area (TPSA) is 66.4 Å². The Bertz CT molecular complexity index is 588. The lowest BCUT2D eigenvalue weighted by molar-refractivity contribution is 0.0530. The van der Waals surface area contributed by atoms with Gasteiger partial charge in [-0.05, 0) is 41.4 Å². The summed E-state index contributed by atoms with van der Waals surface area (Å²) >= 11 is 1.50. The Balaban J connectivity index is 1.99. The second-order valence-corrected chi connectivity index (χ2v) is 5.49. The summed E-state index contributed by atoms with van der Waals surface area (Å²) in [6.07, 6.45) is 0.725. The minimum Gasteiger partial charge on any atom is -0.384 e. The Kier molecular flexibility index (Phi) is 4.32. The number of thiophene rings is 1. The molecular weight excluding hydrogens is 274 g/mol. The summed E-state index contributed by atoms with van der Waals surface area (Å²) in [6, 6.07) is 8.16. The summed E-state index contributed by atoms with van der Waals surface area (Å²) < 4.78 is 0. The van der Waals surface area contributed by atoms with Crippen LogP contribution in [-0.4, -0.2) is 23.8 Å². The van der Waals surface area contributed by atoms with Gasteiger partial charge in [-0.15, -0.1) is 0 Å². The number of aliphatic hydroxyl groups is 1. The molecule has 2 aromatic rings. The lowest BCUT2D eigenvalue weighted by Gasteiger charge is -2.22. The molecule has 1 unspecified atom stereocenters. The highest BCUT2D eigenvalue weighted by molar-refractivity contribution is 7.08. The van der Waals surface area contributed by atoms with Gasteiger partial charge in [0.15, 0.2) is 0 Å². The van der Waals surface area contributed by atoms with Gasteiger partial charge in [-0.1, -0.05) is 12.1 Å². The van der Waals surface area contributed by atoms with E-state index in [1.54, 1.807) is 31.2 Å². The third kappa shape index (κ3) is 3.31. The normalized spacial score (nSPS) is 13.5. The number of aldehydes is 1. The van der Waals surface area contributed by atoms with Crippen LogP contribution in [0.15, 0.2) is 41.1 Å². The fraction of sp³-hybridized carbons (Fsp3) is 0.200. The lowest BCUT2D eigenvalue weighted by atomic mass is 9.99. The average molecular weight is 289 g/mol. The molecule has 0 spiro atoms. The van der Waals surface area contributed by atoms with E-state index in [9.17, 15) is 14.7 Å². The van der Waals surface area contributed by atoms with Crippen LogP contribution in [0.25, 0.3) is 0 Å². The third-order valence-corrected chi connectivity index (χ3v) is 3.73. The molecule has 0 saturated carbocycles. The van der Waals surface area contributed by atoms with Crippen LogP contribution in [0.3, 0.4) is 0 Å². The molecule has 1 aromatic carbocycles. The first kappa shape index (κ1) is 14.4. The van der Waals surface area contributed by atoms with Crippen LogP contribution < -0.4 is 5.32 Å². The quantitative estimate of drug-likeness (QED) is 0.829. The van der Waals surface area contributed by atoms with Crippen molar-refractivity contribution in [3.05, 3.63) is 57.8 Å². The Labute approximate surface area is 121 Å². The molecule has 0 aliphatic rings. The zero-order valence-corrected chi connectivity index (χ0v) is 11.8. The van der Waals surface area contributed by atoms with Crippen LogP contribution in [0.2, 0.25) is 0 Å². The van der Waals surface area contributed by atoms with Gasteiger partial charge in [0.05, 0.1) is 6.54 Å². The summed E-state index contributed by atoms with van der Waals surface area (Å²) in [5, 5.41) is 16.7. The number of benzene rings is 1. The molecule has 1 heterocycles. The van der Waals surface area contributed by atoms with Gasteiger partial charge in [0.2, 0.25) is 0 Å². The molecule has 0 saturated heterocycles. The molecule has 104 valence electrons. The summed E-state index contributed by atoms with van der Waals surface area (Å²) in [7, 11) is 0. The van der Waals surface area contributed by atoms with E-state index in [0.717, 1.165) is 11.8 Å². The first-order valence-corrected chi connectivity index (χ1v) is 7.06. The maximum absolute atomic E-state index is 12.0. The van der Waals surface area contributed by atoms with E-state index < -0.39 is 5.60 Å². The molecule has 1 atom stereocenters. The lowest BCUT2D eigenvalue weighted by Crippen LogP contribution is -2.38. The van der Waals surface area contributed by atoms with Gasteiger partial charge >= 0.3 is 0 Å². The minimum absolute atomic E-state index is 0.123. The van der Waals surface area contributed by atoms with Crippen LogP contribution >= 0.6 is 11.3 Å². The Morgan fingerprint density at radius 2 is 2.05 bits per heavy atom. The van der Waals surface area contributed by atoms with E-state index in [4.69, 9.17) is 0 Å². The third-order valence-electron chi connectivity index (χ3n) is 3.05. The monoisotopic (exact) mass is 289 g/mol. The fourth-order valence-corrected chi connectivity index (χ4v) is 2.52. The van der Waals surface area contributed by atoms with Crippen molar-refractivity contribution in [1.29, 1.82) is 0 Å². The maximum Gasteiger partial charge on any atom is 0.251 e. The van der Waals surface area contributed by atoms with Crippen molar-refractivity contribution >= 4 is 23.5 Å². The molecule has 1 aromatic heterocycles. The fourth-order valence-electron chi connectivity index (χ4n) is 1.74. The van der Waals surface area contributed by atoms with Gasteiger partial charge in [0.25, 0.3) is 5.91 Å².